The summed E-state index contributed by atoms with van der Waals surface area (Å²) in [6, 6.07) is 18.3. The molecule has 2 aromatic heterocycles. The molecule has 1 aliphatic rings. The number of piperazine rings is 1. The highest BCUT2D eigenvalue weighted by molar-refractivity contribution is 6.13. The van der Waals surface area contributed by atoms with Gasteiger partial charge >= 0.3 is 11.9 Å². The molecule has 1 fully saturated rings. The molecular weight excluding hydrogens is 484 g/mol. The molecule has 3 heterocycles. The van der Waals surface area contributed by atoms with E-state index in [4.69, 9.17) is 18.9 Å². The van der Waals surface area contributed by atoms with Crippen LogP contribution in [0.5, 0.6) is 0 Å². The Labute approximate surface area is 220 Å². The molecule has 4 aromatic rings. The van der Waals surface area contributed by atoms with E-state index in [-0.39, 0.29) is 18.8 Å². The van der Waals surface area contributed by atoms with Gasteiger partial charge in [-0.2, -0.15) is 0 Å². The number of imidazole rings is 1. The van der Waals surface area contributed by atoms with Crippen LogP contribution in [0.4, 0.5) is 5.69 Å². The average Bonchev–Trinajstić information content (AvgIpc) is 3.60. The molecule has 0 spiro atoms. The first-order valence-corrected chi connectivity index (χ1v) is 12.7. The number of ether oxygens (including phenoxy) is 2. The highest BCUT2D eigenvalue weighted by Crippen LogP contribution is 2.30. The predicted molar refractivity (Wildman–Crippen MR) is 144 cm³/mol. The molecule has 0 bridgehead atoms. The molecule has 196 valence electrons. The van der Waals surface area contributed by atoms with Crippen LogP contribution in [0.2, 0.25) is 0 Å². The van der Waals surface area contributed by atoms with Gasteiger partial charge in [0.2, 0.25) is 0 Å². The van der Waals surface area contributed by atoms with Crippen molar-refractivity contribution in [3.63, 3.8) is 0 Å². The standard InChI is InChI=1S/C29H30N4O5/c1-3-37-28(34)24(29(35)38-4-2)19-31-13-15-32(16-14-31)22-8-7-9-23(18-22)33-26-11-6-5-10-25(26)30-27(33)21-12-17-36-20-21/h5-12,17-20H,3-4,13-16H2,1-2H3. The number of rotatable bonds is 8. The zero-order valence-corrected chi connectivity index (χ0v) is 21.5. The molecule has 5 rings (SSSR count). The topological polar surface area (TPSA) is 90.0 Å². The first-order chi connectivity index (χ1) is 18.6. The Morgan fingerprint density at radius 2 is 1.63 bits per heavy atom. The highest BCUT2D eigenvalue weighted by Gasteiger charge is 2.24. The zero-order valence-electron chi connectivity index (χ0n) is 21.5. The van der Waals surface area contributed by atoms with Crippen LogP contribution >= 0.6 is 0 Å². The summed E-state index contributed by atoms with van der Waals surface area (Å²) in [4.78, 5) is 33.8. The van der Waals surface area contributed by atoms with E-state index in [1.807, 2.05) is 35.2 Å². The van der Waals surface area contributed by atoms with Gasteiger partial charge in [0.25, 0.3) is 0 Å². The maximum atomic E-state index is 12.3. The van der Waals surface area contributed by atoms with Crippen molar-refractivity contribution >= 4 is 28.7 Å². The SMILES string of the molecule is CCOC(=O)C(=CN1CCN(c2cccc(-n3c(-c4ccoc4)nc4ccccc43)c2)CC1)C(=O)OCC. The minimum absolute atomic E-state index is 0.0806. The van der Waals surface area contributed by atoms with E-state index >= 15 is 0 Å². The number of fused-ring (bicyclic) bond motifs is 1. The van der Waals surface area contributed by atoms with Crippen LogP contribution in [0.1, 0.15) is 13.8 Å². The second-order valence-corrected chi connectivity index (χ2v) is 8.80. The molecule has 9 heteroatoms. The number of carbonyl (C=O) groups excluding carboxylic acids is 2. The lowest BCUT2D eigenvalue weighted by molar-refractivity contribution is -0.146. The zero-order chi connectivity index (χ0) is 26.5. The largest absolute Gasteiger partial charge is 0.472 e. The molecule has 1 saturated heterocycles. The summed E-state index contributed by atoms with van der Waals surface area (Å²) in [6.45, 7) is 6.51. The Hall–Kier alpha value is -4.53. The van der Waals surface area contributed by atoms with Gasteiger partial charge in [-0.3, -0.25) is 4.57 Å². The molecule has 0 saturated carbocycles. The van der Waals surface area contributed by atoms with E-state index in [2.05, 4.69) is 33.7 Å². The van der Waals surface area contributed by atoms with Gasteiger partial charge in [0, 0.05) is 43.8 Å². The van der Waals surface area contributed by atoms with Gasteiger partial charge in [-0.25, -0.2) is 14.6 Å². The number of hydrogen-bond acceptors (Lipinski definition) is 8. The molecule has 0 radical (unpaired) electrons. The number of carbonyl (C=O) groups is 2. The van der Waals surface area contributed by atoms with Crippen LogP contribution in [0, 0.1) is 0 Å². The Morgan fingerprint density at radius 1 is 0.921 bits per heavy atom. The number of furan rings is 1. The lowest BCUT2D eigenvalue weighted by atomic mass is 10.2. The van der Waals surface area contributed by atoms with Gasteiger partial charge in [-0.05, 0) is 50.2 Å². The fourth-order valence-corrected chi connectivity index (χ4v) is 4.60. The number of nitrogens with zero attached hydrogens (tertiary/aromatic N) is 4. The minimum atomic E-state index is -0.665. The van der Waals surface area contributed by atoms with E-state index in [1.165, 1.54) is 0 Å². The number of anilines is 1. The first-order valence-electron chi connectivity index (χ1n) is 12.7. The van der Waals surface area contributed by atoms with Crippen LogP contribution in [0.25, 0.3) is 28.1 Å². The molecule has 38 heavy (non-hydrogen) atoms. The molecular formula is C29H30N4O5. The van der Waals surface area contributed by atoms with Gasteiger partial charge in [0.15, 0.2) is 5.57 Å². The molecule has 9 nitrogen and oxygen atoms in total. The summed E-state index contributed by atoms with van der Waals surface area (Å²) in [7, 11) is 0. The van der Waals surface area contributed by atoms with Crippen LogP contribution in [-0.2, 0) is 19.1 Å². The van der Waals surface area contributed by atoms with E-state index in [9.17, 15) is 9.59 Å². The van der Waals surface area contributed by atoms with Crippen molar-refractivity contribution in [3.8, 4) is 17.1 Å². The van der Waals surface area contributed by atoms with Gasteiger partial charge in [0.05, 0.1) is 36.1 Å². The molecule has 0 atom stereocenters. The van der Waals surface area contributed by atoms with Crippen LogP contribution in [0.3, 0.4) is 0 Å². The molecule has 1 aliphatic heterocycles. The van der Waals surface area contributed by atoms with Crippen molar-refractivity contribution in [1.29, 1.82) is 0 Å². The number of benzene rings is 2. The van der Waals surface area contributed by atoms with Crippen LogP contribution < -0.4 is 4.90 Å². The Kier molecular flexibility index (Phi) is 7.44. The number of aromatic nitrogens is 2. The summed E-state index contributed by atoms with van der Waals surface area (Å²) >= 11 is 0. The fraction of sp³-hybridized carbons (Fsp3) is 0.276. The van der Waals surface area contributed by atoms with E-state index in [0.29, 0.717) is 13.1 Å². The van der Waals surface area contributed by atoms with Crippen molar-refractivity contribution in [2.45, 2.75) is 13.8 Å². The number of esters is 2. The van der Waals surface area contributed by atoms with Crippen molar-refractivity contribution in [2.24, 2.45) is 0 Å². The average molecular weight is 515 g/mol. The fourth-order valence-electron chi connectivity index (χ4n) is 4.60. The second-order valence-electron chi connectivity index (χ2n) is 8.80. The molecule has 0 N–H and O–H groups in total. The molecule has 2 aromatic carbocycles. The van der Waals surface area contributed by atoms with Gasteiger partial charge in [0.1, 0.15) is 12.1 Å². The Morgan fingerprint density at radius 3 is 2.32 bits per heavy atom. The number of hydrogen-bond donors (Lipinski definition) is 0. The Bertz CT molecular complexity index is 1430. The van der Waals surface area contributed by atoms with Crippen LogP contribution in [0.15, 0.2) is 83.3 Å². The lowest BCUT2D eigenvalue weighted by Gasteiger charge is -2.36. The van der Waals surface area contributed by atoms with Gasteiger partial charge in [-0.15, -0.1) is 0 Å². The molecule has 0 amide bonds. The lowest BCUT2D eigenvalue weighted by Crippen LogP contribution is -2.44. The van der Waals surface area contributed by atoms with Crippen molar-refractivity contribution < 1.29 is 23.5 Å². The maximum absolute atomic E-state index is 12.3. The van der Waals surface area contributed by atoms with E-state index in [0.717, 1.165) is 46.9 Å². The third kappa shape index (κ3) is 5.13. The molecule has 0 unspecified atom stereocenters. The molecule has 0 aliphatic carbocycles. The predicted octanol–water partition coefficient (Wildman–Crippen LogP) is 4.42. The van der Waals surface area contributed by atoms with E-state index < -0.39 is 11.9 Å². The Balaban J connectivity index is 1.38. The smallest absolute Gasteiger partial charge is 0.347 e. The summed E-state index contributed by atoms with van der Waals surface area (Å²) in [5.41, 5.74) is 4.84. The summed E-state index contributed by atoms with van der Waals surface area (Å²) in [5, 5.41) is 0. The quantitative estimate of drug-likeness (QED) is 0.148. The first kappa shape index (κ1) is 25.1. The van der Waals surface area contributed by atoms with Gasteiger partial charge < -0.3 is 23.7 Å². The number of para-hydroxylation sites is 2. The van der Waals surface area contributed by atoms with Crippen LogP contribution in [-0.4, -0.2) is 65.8 Å². The van der Waals surface area contributed by atoms with Crippen molar-refractivity contribution in [1.82, 2.24) is 14.5 Å². The third-order valence-electron chi connectivity index (χ3n) is 6.41. The summed E-state index contributed by atoms with van der Waals surface area (Å²) in [5.74, 6) is -0.512. The monoisotopic (exact) mass is 514 g/mol. The van der Waals surface area contributed by atoms with Crippen molar-refractivity contribution in [2.75, 3.05) is 44.3 Å². The summed E-state index contributed by atoms with van der Waals surface area (Å²) < 4.78 is 17.6. The van der Waals surface area contributed by atoms with Crippen molar-refractivity contribution in [3.05, 3.63) is 78.9 Å². The third-order valence-corrected chi connectivity index (χ3v) is 6.41. The minimum Gasteiger partial charge on any atom is -0.472 e. The highest BCUT2D eigenvalue weighted by atomic mass is 16.6. The second kappa shape index (κ2) is 11.2. The van der Waals surface area contributed by atoms with Gasteiger partial charge in [-0.1, -0.05) is 18.2 Å². The van der Waals surface area contributed by atoms with E-state index in [1.54, 1.807) is 32.6 Å². The maximum Gasteiger partial charge on any atom is 0.347 e. The summed E-state index contributed by atoms with van der Waals surface area (Å²) in [6.07, 6.45) is 4.92. The normalized spacial score (nSPS) is 13.4.